The average molecular weight is 554 g/mol. The Morgan fingerprint density at radius 2 is 2.00 bits per heavy atom. The molecule has 39 heavy (non-hydrogen) atoms. The molecule has 2 aliphatic rings. The number of aromatic nitrogens is 1. The molecule has 4 N–H and O–H groups in total. The molecule has 0 aliphatic heterocycles. The van der Waals surface area contributed by atoms with E-state index in [1.807, 2.05) is 13.0 Å². The summed E-state index contributed by atoms with van der Waals surface area (Å²) in [5.41, 5.74) is 0.198. The number of carbonyl (C=O) groups excluding carboxylic acids is 2. The Balaban J connectivity index is 1.44. The molecular weight excluding hydrogens is 518 g/mol. The molecule has 0 radical (unpaired) electrons. The van der Waals surface area contributed by atoms with Crippen molar-refractivity contribution in [1.82, 2.24) is 10.3 Å². The molecule has 5 rings (SSSR count). The number of nitrogens with one attached hydrogen (secondary N) is 2. The third-order valence-corrected chi connectivity index (χ3v) is 9.90. The summed E-state index contributed by atoms with van der Waals surface area (Å²) in [7, 11) is 1.57. The van der Waals surface area contributed by atoms with Crippen LogP contribution in [0.2, 0.25) is 0 Å². The number of thiazole rings is 1. The molecule has 2 aliphatic carbocycles. The maximum absolute atomic E-state index is 13.2. The number of amides is 2. The predicted octanol–water partition coefficient (Wildman–Crippen LogP) is 4.12. The number of nitrogens with zero attached hydrogens (tertiary/aromatic N) is 1. The van der Waals surface area contributed by atoms with E-state index in [9.17, 15) is 19.8 Å². The van der Waals surface area contributed by atoms with Crippen molar-refractivity contribution in [2.75, 3.05) is 19.0 Å². The van der Waals surface area contributed by atoms with E-state index in [4.69, 9.17) is 14.1 Å². The summed E-state index contributed by atoms with van der Waals surface area (Å²) in [5.74, 6) is 0.606. The van der Waals surface area contributed by atoms with Crippen molar-refractivity contribution in [1.29, 1.82) is 0 Å². The first-order valence-corrected chi connectivity index (χ1v) is 14.0. The number of anilines is 1. The summed E-state index contributed by atoms with van der Waals surface area (Å²) in [5, 5.41) is 27.7. The molecule has 0 saturated heterocycles. The van der Waals surface area contributed by atoms with Gasteiger partial charge in [0.25, 0.3) is 5.91 Å². The largest absolute Gasteiger partial charge is 0.497 e. The smallest absolute Gasteiger partial charge is 0.257 e. The quantitative estimate of drug-likeness (QED) is 0.330. The highest BCUT2D eigenvalue weighted by Crippen LogP contribution is 2.62. The summed E-state index contributed by atoms with van der Waals surface area (Å²) < 4.78 is 10.5. The number of hydrogen-bond acceptors (Lipinski definition) is 8. The Morgan fingerprint density at radius 3 is 2.67 bits per heavy atom. The van der Waals surface area contributed by atoms with E-state index in [1.165, 1.54) is 11.3 Å². The topological polar surface area (TPSA) is 134 Å². The van der Waals surface area contributed by atoms with Crippen molar-refractivity contribution < 1.29 is 29.0 Å². The van der Waals surface area contributed by atoms with Gasteiger partial charge in [0.15, 0.2) is 5.13 Å². The Kier molecular flexibility index (Phi) is 7.54. The van der Waals surface area contributed by atoms with Gasteiger partial charge in [-0.05, 0) is 67.0 Å². The molecule has 208 valence electrons. The lowest BCUT2D eigenvalue weighted by molar-refractivity contribution is -0.144. The Labute approximate surface area is 231 Å². The van der Waals surface area contributed by atoms with Crippen molar-refractivity contribution in [3.63, 3.8) is 0 Å². The van der Waals surface area contributed by atoms with Crippen LogP contribution >= 0.6 is 11.3 Å². The van der Waals surface area contributed by atoms with Gasteiger partial charge in [-0.3, -0.25) is 14.9 Å². The van der Waals surface area contributed by atoms with Gasteiger partial charge in [0.2, 0.25) is 5.91 Å². The average Bonchev–Trinajstić information content (AvgIpc) is 3.61. The normalized spacial score (nSPS) is 27.8. The van der Waals surface area contributed by atoms with E-state index in [2.05, 4.69) is 17.6 Å². The molecular formula is C29H35N3O6S. The van der Waals surface area contributed by atoms with Crippen LogP contribution in [0.15, 0.2) is 47.1 Å². The van der Waals surface area contributed by atoms with Gasteiger partial charge in [-0.1, -0.05) is 13.8 Å². The van der Waals surface area contributed by atoms with Crippen LogP contribution < -0.4 is 15.4 Å². The summed E-state index contributed by atoms with van der Waals surface area (Å²) in [6, 6.07) is 10.4. The number of aliphatic hydroxyl groups is 2. The van der Waals surface area contributed by atoms with Crippen molar-refractivity contribution >= 4 is 28.3 Å². The monoisotopic (exact) mass is 553 g/mol. The summed E-state index contributed by atoms with van der Waals surface area (Å²) in [6.45, 7) is 4.23. The number of benzene rings is 1. The van der Waals surface area contributed by atoms with Crippen molar-refractivity contribution in [2.24, 2.45) is 16.7 Å². The second kappa shape index (κ2) is 10.7. The number of fused-ring (bicyclic) bond motifs is 2. The van der Waals surface area contributed by atoms with E-state index >= 15 is 0 Å². The van der Waals surface area contributed by atoms with E-state index in [0.717, 1.165) is 10.6 Å². The lowest BCUT2D eigenvalue weighted by Gasteiger charge is -2.58. The first-order chi connectivity index (χ1) is 18.7. The second-order valence-corrected chi connectivity index (χ2v) is 12.2. The summed E-state index contributed by atoms with van der Waals surface area (Å²) >= 11 is 1.40. The van der Waals surface area contributed by atoms with Crippen LogP contribution in [0.3, 0.4) is 0 Å². The van der Waals surface area contributed by atoms with E-state index in [0.29, 0.717) is 48.0 Å². The molecule has 5 atom stereocenters. The van der Waals surface area contributed by atoms with Crippen molar-refractivity contribution in [2.45, 2.75) is 58.1 Å². The van der Waals surface area contributed by atoms with E-state index < -0.39 is 11.5 Å². The van der Waals surface area contributed by atoms with Gasteiger partial charge in [-0.15, -0.1) is 11.3 Å². The maximum Gasteiger partial charge on any atom is 0.257 e. The molecule has 2 aromatic heterocycles. The number of ether oxygens (including phenoxy) is 1. The number of aliphatic hydroxyl groups excluding tert-OH is 2. The minimum Gasteiger partial charge on any atom is -0.497 e. The van der Waals surface area contributed by atoms with E-state index in [1.54, 1.807) is 43.7 Å². The minimum absolute atomic E-state index is 0.0697. The number of carbonyl (C=O) groups is 2. The highest BCUT2D eigenvalue weighted by molar-refractivity contribution is 7.15. The molecule has 9 nitrogen and oxygen atoms in total. The predicted molar refractivity (Wildman–Crippen MR) is 147 cm³/mol. The fraction of sp³-hybridized carbons (Fsp3) is 0.483. The molecule has 0 bridgehead atoms. The lowest BCUT2D eigenvalue weighted by atomic mass is 9.47. The van der Waals surface area contributed by atoms with Crippen LogP contribution in [0.5, 0.6) is 5.75 Å². The minimum atomic E-state index is -0.718. The lowest BCUT2D eigenvalue weighted by Crippen LogP contribution is -2.57. The standard InChI is InChI=1S/C29H35N3O6S/c1-28-11-10-23(34)29(2,16-33)22(28)14-21-25(20(28)13-24(35)30-15-19-5-4-12-38-19)31-27(39-21)32-26(36)17-6-8-18(37-3)9-7-17/h4-9,12,20,22-23,33-34H,10-11,13-16H2,1-3H3,(H,30,35)(H,31,32,36)/t20-,22+,23-,28+,29+/m1/s1. The highest BCUT2D eigenvalue weighted by atomic mass is 32.1. The third-order valence-electron chi connectivity index (χ3n) is 8.90. The molecule has 3 aromatic rings. The van der Waals surface area contributed by atoms with Crippen LogP contribution in [0.25, 0.3) is 0 Å². The number of methoxy groups -OCH3 is 1. The van der Waals surface area contributed by atoms with Gasteiger partial charge >= 0.3 is 0 Å². The zero-order valence-electron chi connectivity index (χ0n) is 22.4. The fourth-order valence-electron chi connectivity index (χ4n) is 6.47. The van der Waals surface area contributed by atoms with Gasteiger partial charge in [-0.2, -0.15) is 0 Å². The molecule has 0 unspecified atom stereocenters. The van der Waals surface area contributed by atoms with Crippen LogP contribution in [0.4, 0.5) is 5.13 Å². The summed E-state index contributed by atoms with van der Waals surface area (Å²) in [4.78, 5) is 32.0. The first kappa shape index (κ1) is 27.4. The molecule has 1 saturated carbocycles. The zero-order chi connectivity index (χ0) is 27.8. The van der Waals surface area contributed by atoms with Gasteiger partial charge < -0.3 is 24.7 Å². The first-order valence-electron chi connectivity index (χ1n) is 13.2. The van der Waals surface area contributed by atoms with Crippen LogP contribution in [-0.4, -0.2) is 46.8 Å². The SMILES string of the molecule is COc1ccc(C(=O)Nc2nc3c(s2)C[C@@H]2[C@](C)(CO)[C@H](O)CC[C@@]2(C)[C@@H]3CC(=O)NCc2ccco2)cc1. The fourth-order valence-corrected chi connectivity index (χ4v) is 7.53. The molecule has 10 heteroatoms. The second-order valence-electron chi connectivity index (χ2n) is 11.1. The Hall–Kier alpha value is -3.21. The number of hydrogen-bond donors (Lipinski definition) is 4. The van der Waals surface area contributed by atoms with Gasteiger partial charge in [0, 0.05) is 28.2 Å². The third kappa shape index (κ3) is 5.08. The van der Waals surface area contributed by atoms with Crippen molar-refractivity contribution in [3.8, 4) is 5.75 Å². The van der Waals surface area contributed by atoms with Crippen LogP contribution in [0.1, 0.15) is 65.7 Å². The highest BCUT2D eigenvalue weighted by Gasteiger charge is 2.59. The number of furan rings is 1. The van der Waals surface area contributed by atoms with Gasteiger partial charge in [0.05, 0.1) is 38.3 Å². The van der Waals surface area contributed by atoms with Crippen LogP contribution in [0, 0.1) is 16.7 Å². The van der Waals surface area contributed by atoms with E-state index in [-0.39, 0.29) is 42.1 Å². The Morgan fingerprint density at radius 1 is 1.23 bits per heavy atom. The molecule has 2 amide bonds. The van der Waals surface area contributed by atoms with Crippen LogP contribution in [-0.2, 0) is 17.8 Å². The molecule has 0 spiro atoms. The van der Waals surface area contributed by atoms with Gasteiger partial charge in [-0.25, -0.2) is 4.98 Å². The number of rotatable bonds is 8. The Bertz CT molecular complexity index is 1320. The van der Waals surface area contributed by atoms with Crippen molar-refractivity contribution in [3.05, 3.63) is 64.6 Å². The zero-order valence-corrected chi connectivity index (χ0v) is 23.2. The summed E-state index contributed by atoms with van der Waals surface area (Å²) in [6.07, 6.45) is 2.98. The molecule has 2 heterocycles. The maximum atomic E-state index is 13.2. The molecule has 1 aromatic carbocycles. The van der Waals surface area contributed by atoms with Gasteiger partial charge in [0.1, 0.15) is 11.5 Å². The molecule has 1 fully saturated rings.